The summed E-state index contributed by atoms with van der Waals surface area (Å²) in [4.78, 5) is 14.4. The molecule has 0 unspecified atom stereocenters. The van der Waals surface area contributed by atoms with Crippen LogP contribution in [0.15, 0.2) is 57.3 Å². The number of pyridine rings is 1. The number of nitrogens with zero attached hydrogens (tertiary/aromatic N) is 4. The minimum Gasteiger partial charge on any atom is -0.411 e. The number of rotatable bonds is 4. The van der Waals surface area contributed by atoms with Gasteiger partial charge < -0.3 is 4.42 Å². The summed E-state index contributed by atoms with van der Waals surface area (Å²) in [7, 11) is 0. The molecule has 0 bridgehead atoms. The van der Waals surface area contributed by atoms with Crippen molar-refractivity contribution in [1.82, 2.24) is 15.2 Å². The molecule has 0 aliphatic rings. The molecule has 0 aliphatic heterocycles. The topological polar surface area (TPSA) is 95.0 Å². The Kier molecular flexibility index (Phi) is 4.03. The second kappa shape index (κ2) is 6.12. The third-order valence-corrected chi connectivity index (χ3v) is 3.82. The van der Waals surface area contributed by atoms with Crippen LogP contribution in [0.1, 0.15) is 0 Å². The van der Waals surface area contributed by atoms with E-state index in [4.69, 9.17) is 16.0 Å². The van der Waals surface area contributed by atoms with Crippen LogP contribution in [0.25, 0.3) is 11.5 Å². The van der Waals surface area contributed by atoms with Gasteiger partial charge in [-0.1, -0.05) is 23.7 Å². The Balaban J connectivity index is 1.90. The Morgan fingerprint density at radius 1 is 1.18 bits per heavy atom. The van der Waals surface area contributed by atoms with E-state index < -0.39 is 4.92 Å². The normalized spacial score (nSPS) is 10.6. The average Bonchev–Trinajstić information content (AvgIpc) is 2.96. The van der Waals surface area contributed by atoms with Crippen LogP contribution in [-0.2, 0) is 0 Å². The highest BCUT2D eigenvalue weighted by Gasteiger charge is 2.19. The van der Waals surface area contributed by atoms with Crippen molar-refractivity contribution >= 4 is 29.1 Å². The van der Waals surface area contributed by atoms with Crippen LogP contribution in [0, 0.1) is 10.1 Å². The first kappa shape index (κ1) is 14.5. The molecule has 2 aromatic heterocycles. The van der Waals surface area contributed by atoms with Gasteiger partial charge in [-0.2, -0.15) is 0 Å². The van der Waals surface area contributed by atoms with E-state index in [9.17, 15) is 10.1 Å². The molecule has 22 heavy (non-hydrogen) atoms. The fraction of sp³-hybridized carbons (Fsp3) is 0. The van der Waals surface area contributed by atoms with Gasteiger partial charge in [0.15, 0.2) is 5.03 Å². The maximum Gasteiger partial charge on any atom is 0.301 e. The molecule has 0 amide bonds. The lowest BCUT2D eigenvalue weighted by molar-refractivity contribution is -0.388. The third-order valence-electron chi connectivity index (χ3n) is 2.64. The van der Waals surface area contributed by atoms with Gasteiger partial charge >= 0.3 is 5.69 Å². The quantitative estimate of drug-likeness (QED) is 0.528. The minimum atomic E-state index is -0.513. The highest BCUT2D eigenvalue weighted by Crippen LogP contribution is 2.34. The lowest BCUT2D eigenvalue weighted by Gasteiger charge is -1.98. The maximum absolute atomic E-state index is 11.0. The van der Waals surface area contributed by atoms with Crippen molar-refractivity contribution in [1.29, 1.82) is 0 Å². The average molecular weight is 335 g/mol. The summed E-state index contributed by atoms with van der Waals surface area (Å²) < 4.78 is 5.48. The summed E-state index contributed by atoms with van der Waals surface area (Å²) in [6.07, 6.45) is 1.46. The van der Waals surface area contributed by atoms with Crippen LogP contribution >= 0.6 is 23.4 Å². The highest BCUT2D eigenvalue weighted by molar-refractivity contribution is 7.99. The number of nitro groups is 1. The first-order chi connectivity index (χ1) is 10.6. The molecule has 2 heterocycles. The van der Waals surface area contributed by atoms with Gasteiger partial charge in [0.05, 0.1) is 15.5 Å². The van der Waals surface area contributed by atoms with Crippen LogP contribution in [0.3, 0.4) is 0 Å². The van der Waals surface area contributed by atoms with Crippen LogP contribution in [-0.4, -0.2) is 20.1 Å². The number of benzene rings is 1. The van der Waals surface area contributed by atoms with E-state index in [1.807, 2.05) is 0 Å². The van der Waals surface area contributed by atoms with Crippen LogP contribution in [0.4, 0.5) is 5.69 Å². The standard InChI is InChI=1S/C13H7ClN4O3S/c14-9-5-2-1-4-8(9)11-16-17-13(21-11)22-12-10(18(19)20)6-3-7-15-12/h1-7H. The first-order valence-corrected chi connectivity index (χ1v) is 7.20. The number of halogens is 1. The number of aromatic nitrogens is 3. The fourth-order valence-corrected chi connectivity index (χ4v) is 2.62. The van der Waals surface area contributed by atoms with Crippen molar-refractivity contribution in [3.63, 3.8) is 0 Å². The summed E-state index contributed by atoms with van der Waals surface area (Å²) in [6.45, 7) is 0. The van der Waals surface area contributed by atoms with E-state index in [2.05, 4.69) is 15.2 Å². The molecule has 7 nitrogen and oxygen atoms in total. The van der Waals surface area contributed by atoms with Crippen molar-refractivity contribution in [3.05, 3.63) is 57.7 Å². The number of hydrogen-bond acceptors (Lipinski definition) is 7. The smallest absolute Gasteiger partial charge is 0.301 e. The first-order valence-electron chi connectivity index (χ1n) is 6.01. The highest BCUT2D eigenvalue weighted by atomic mass is 35.5. The minimum absolute atomic E-state index is 0.120. The Labute approximate surface area is 133 Å². The van der Waals surface area contributed by atoms with Crippen LogP contribution in [0.2, 0.25) is 5.02 Å². The van der Waals surface area contributed by atoms with Gasteiger partial charge in [-0.15, -0.1) is 10.2 Å². The molecule has 110 valence electrons. The zero-order chi connectivity index (χ0) is 15.5. The second-order valence-corrected chi connectivity index (χ2v) is 5.39. The number of hydrogen-bond donors (Lipinski definition) is 0. The second-order valence-electron chi connectivity index (χ2n) is 4.04. The molecule has 9 heteroatoms. The predicted octanol–water partition coefficient (Wildman–Crippen LogP) is 3.84. The van der Waals surface area contributed by atoms with Gasteiger partial charge in [-0.3, -0.25) is 10.1 Å². The molecule has 0 atom stereocenters. The summed E-state index contributed by atoms with van der Waals surface area (Å²) in [6, 6.07) is 9.88. The van der Waals surface area contributed by atoms with Crippen molar-refractivity contribution in [2.45, 2.75) is 10.2 Å². The van der Waals surface area contributed by atoms with E-state index in [0.29, 0.717) is 10.6 Å². The molecule has 0 radical (unpaired) electrons. The van der Waals surface area contributed by atoms with Crippen LogP contribution < -0.4 is 0 Å². The predicted molar refractivity (Wildman–Crippen MR) is 79.8 cm³/mol. The summed E-state index contributed by atoms with van der Waals surface area (Å²) in [5.41, 5.74) is 0.476. The van der Waals surface area contributed by atoms with Crippen molar-refractivity contribution in [2.75, 3.05) is 0 Å². The van der Waals surface area contributed by atoms with Gasteiger partial charge in [-0.05, 0) is 30.0 Å². The summed E-state index contributed by atoms with van der Waals surface area (Å²) in [5.74, 6) is 0.242. The largest absolute Gasteiger partial charge is 0.411 e. The SMILES string of the molecule is O=[N+]([O-])c1cccnc1Sc1nnc(-c2ccccc2Cl)o1. The van der Waals surface area contributed by atoms with Crippen molar-refractivity contribution in [2.24, 2.45) is 0 Å². The van der Waals surface area contributed by atoms with E-state index in [1.165, 1.54) is 18.3 Å². The Bertz CT molecular complexity index is 839. The van der Waals surface area contributed by atoms with Crippen molar-refractivity contribution < 1.29 is 9.34 Å². The zero-order valence-electron chi connectivity index (χ0n) is 10.8. The molecule has 0 aliphatic carbocycles. The van der Waals surface area contributed by atoms with Gasteiger partial charge in [0.25, 0.3) is 5.22 Å². The van der Waals surface area contributed by atoms with E-state index >= 15 is 0 Å². The summed E-state index contributed by atoms with van der Waals surface area (Å²) >= 11 is 6.99. The molecule has 1 aromatic carbocycles. The molecule has 3 rings (SSSR count). The lowest BCUT2D eigenvalue weighted by Crippen LogP contribution is -1.92. The van der Waals surface area contributed by atoms with Gasteiger partial charge in [0, 0.05) is 12.3 Å². The Morgan fingerprint density at radius 3 is 2.77 bits per heavy atom. The molecule has 0 N–H and O–H groups in total. The lowest BCUT2D eigenvalue weighted by atomic mass is 10.2. The molecule has 0 fully saturated rings. The molecule has 0 saturated carbocycles. The molecule has 0 saturated heterocycles. The third kappa shape index (κ3) is 2.92. The molecular formula is C13H7ClN4O3S. The van der Waals surface area contributed by atoms with Gasteiger partial charge in [0.2, 0.25) is 5.89 Å². The van der Waals surface area contributed by atoms with Gasteiger partial charge in [-0.25, -0.2) is 4.98 Å². The van der Waals surface area contributed by atoms with Gasteiger partial charge in [0.1, 0.15) is 0 Å². The van der Waals surface area contributed by atoms with Crippen molar-refractivity contribution in [3.8, 4) is 11.5 Å². The Morgan fingerprint density at radius 2 is 2.00 bits per heavy atom. The van der Waals surface area contributed by atoms with E-state index in [0.717, 1.165) is 11.8 Å². The monoisotopic (exact) mass is 334 g/mol. The molecule has 0 spiro atoms. The Hall–Kier alpha value is -2.45. The molecule has 3 aromatic rings. The van der Waals surface area contributed by atoms with E-state index in [-0.39, 0.29) is 21.8 Å². The van der Waals surface area contributed by atoms with Crippen LogP contribution in [0.5, 0.6) is 0 Å². The zero-order valence-corrected chi connectivity index (χ0v) is 12.4. The summed E-state index contributed by atoms with van der Waals surface area (Å²) in [5, 5.41) is 19.5. The van der Waals surface area contributed by atoms with E-state index in [1.54, 1.807) is 24.3 Å². The maximum atomic E-state index is 11.0. The molecular weight excluding hydrogens is 328 g/mol. The fourth-order valence-electron chi connectivity index (χ4n) is 1.68.